The molecule has 1 amide bonds. The predicted octanol–water partition coefficient (Wildman–Crippen LogP) is 1.59. The summed E-state index contributed by atoms with van der Waals surface area (Å²) in [6, 6.07) is 9.67. The molecule has 20 heavy (non-hydrogen) atoms. The van der Waals surface area contributed by atoms with E-state index in [9.17, 15) is 4.79 Å². The number of benzene rings is 1. The number of carbonyl (C=O) groups excluding carboxylic acids is 1. The first-order chi connectivity index (χ1) is 9.61. The maximum absolute atomic E-state index is 11.4. The van der Waals surface area contributed by atoms with Crippen LogP contribution in [-0.4, -0.2) is 25.1 Å². The summed E-state index contributed by atoms with van der Waals surface area (Å²) in [6.45, 7) is 5.23. The van der Waals surface area contributed by atoms with Crippen molar-refractivity contribution >= 4 is 5.91 Å². The minimum absolute atomic E-state index is 0.0479. The average Bonchev–Trinajstić information content (AvgIpc) is 2.41. The van der Waals surface area contributed by atoms with Crippen LogP contribution in [0.25, 0.3) is 0 Å². The highest BCUT2D eigenvalue weighted by Gasteiger charge is 2.02. The maximum Gasteiger partial charge on any atom is 0.221 e. The van der Waals surface area contributed by atoms with Gasteiger partial charge >= 0.3 is 0 Å². The fraction of sp³-hybridized carbons (Fsp3) is 0.467. The summed E-state index contributed by atoms with van der Waals surface area (Å²) in [6.07, 6.45) is 0.461. The van der Waals surface area contributed by atoms with Gasteiger partial charge < -0.3 is 15.4 Å². The van der Waals surface area contributed by atoms with E-state index in [0.29, 0.717) is 25.3 Å². The van der Waals surface area contributed by atoms with E-state index in [1.807, 2.05) is 44.2 Å². The Labute approximate surface area is 119 Å². The number of nitrogens with zero attached hydrogens (tertiary/aromatic N) is 1. The minimum Gasteiger partial charge on any atom is -0.479 e. The molecule has 0 saturated carbocycles. The molecule has 108 valence electrons. The molecular weight excluding hydrogens is 254 g/mol. The highest BCUT2D eigenvalue weighted by Crippen LogP contribution is 2.12. The normalized spacial score (nSPS) is 10.1. The molecule has 1 aromatic carbocycles. The highest BCUT2D eigenvalue weighted by atomic mass is 16.5. The van der Waals surface area contributed by atoms with Crippen LogP contribution in [0.4, 0.5) is 0 Å². The Bertz CT molecular complexity index is 466. The summed E-state index contributed by atoms with van der Waals surface area (Å²) in [4.78, 5) is 11.4. The second kappa shape index (κ2) is 8.94. The monoisotopic (exact) mass is 275 g/mol. The van der Waals surface area contributed by atoms with Gasteiger partial charge in [-0.2, -0.15) is 5.26 Å². The van der Waals surface area contributed by atoms with Crippen molar-refractivity contribution in [3.8, 4) is 11.8 Å². The van der Waals surface area contributed by atoms with Gasteiger partial charge in [-0.15, -0.1) is 0 Å². The molecule has 5 heteroatoms. The predicted molar refractivity (Wildman–Crippen MR) is 77.2 cm³/mol. The van der Waals surface area contributed by atoms with E-state index in [2.05, 4.69) is 10.6 Å². The van der Waals surface area contributed by atoms with Crippen LogP contribution in [0, 0.1) is 11.3 Å². The number of amides is 1. The Morgan fingerprint density at radius 3 is 2.95 bits per heavy atom. The third-order valence-corrected chi connectivity index (χ3v) is 2.51. The number of hydrogen-bond acceptors (Lipinski definition) is 4. The Kier molecular flexibility index (Phi) is 7.15. The molecule has 0 aliphatic rings. The lowest BCUT2D eigenvalue weighted by Gasteiger charge is -2.09. The molecule has 2 N–H and O–H groups in total. The van der Waals surface area contributed by atoms with Gasteiger partial charge in [0.15, 0.2) is 6.61 Å². The van der Waals surface area contributed by atoms with Gasteiger partial charge in [0.25, 0.3) is 0 Å². The van der Waals surface area contributed by atoms with Crippen LogP contribution in [-0.2, 0) is 11.3 Å². The van der Waals surface area contributed by atoms with Crippen molar-refractivity contribution in [2.75, 3.05) is 13.2 Å². The van der Waals surface area contributed by atoms with Crippen LogP contribution in [0.3, 0.4) is 0 Å². The van der Waals surface area contributed by atoms with Gasteiger partial charge in [0, 0.05) is 25.6 Å². The fourth-order valence-corrected chi connectivity index (χ4v) is 1.69. The van der Waals surface area contributed by atoms with Gasteiger partial charge in [-0.05, 0) is 31.5 Å². The zero-order chi connectivity index (χ0) is 14.8. The van der Waals surface area contributed by atoms with E-state index in [-0.39, 0.29) is 18.6 Å². The molecule has 5 nitrogen and oxygen atoms in total. The molecule has 0 unspecified atom stereocenters. The van der Waals surface area contributed by atoms with Crippen LogP contribution < -0.4 is 15.4 Å². The smallest absolute Gasteiger partial charge is 0.221 e. The van der Waals surface area contributed by atoms with Gasteiger partial charge in [0.05, 0.1) is 0 Å². The van der Waals surface area contributed by atoms with Crippen LogP contribution >= 0.6 is 0 Å². The topological polar surface area (TPSA) is 74.2 Å². The third-order valence-electron chi connectivity index (χ3n) is 2.51. The van der Waals surface area contributed by atoms with E-state index in [1.54, 1.807) is 0 Å². The van der Waals surface area contributed by atoms with Gasteiger partial charge in [-0.25, -0.2) is 0 Å². The summed E-state index contributed by atoms with van der Waals surface area (Å²) in [5.41, 5.74) is 1.06. The number of hydrogen-bond donors (Lipinski definition) is 2. The van der Waals surface area contributed by atoms with Crippen molar-refractivity contribution in [1.29, 1.82) is 5.26 Å². The first kappa shape index (κ1) is 16.0. The molecule has 0 aliphatic heterocycles. The lowest BCUT2D eigenvalue weighted by Crippen LogP contribution is -2.32. The molecule has 0 spiro atoms. The quantitative estimate of drug-likeness (QED) is 0.707. The third kappa shape index (κ3) is 6.76. The van der Waals surface area contributed by atoms with E-state index < -0.39 is 0 Å². The molecule has 0 radical (unpaired) electrons. The van der Waals surface area contributed by atoms with Crippen LogP contribution in [0.5, 0.6) is 5.75 Å². The van der Waals surface area contributed by atoms with Gasteiger partial charge in [0.2, 0.25) is 5.91 Å². The Morgan fingerprint density at radius 1 is 1.45 bits per heavy atom. The zero-order valence-corrected chi connectivity index (χ0v) is 12.0. The zero-order valence-electron chi connectivity index (χ0n) is 12.0. The lowest BCUT2D eigenvalue weighted by molar-refractivity contribution is -0.121. The fourth-order valence-electron chi connectivity index (χ4n) is 1.69. The van der Waals surface area contributed by atoms with E-state index in [1.165, 1.54) is 0 Å². The van der Waals surface area contributed by atoms with E-state index >= 15 is 0 Å². The van der Waals surface area contributed by atoms with Crippen molar-refractivity contribution in [2.24, 2.45) is 0 Å². The molecule has 0 saturated heterocycles. The van der Waals surface area contributed by atoms with E-state index in [4.69, 9.17) is 10.00 Å². The Hall–Kier alpha value is -2.06. The van der Waals surface area contributed by atoms with Gasteiger partial charge in [0.1, 0.15) is 11.8 Å². The molecule has 1 rings (SSSR count). The summed E-state index contributed by atoms with van der Waals surface area (Å²) in [5.74, 6) is 0.738. The Balaban J connectivity index is 2.28. The van der Waals surface area contributed by atoms with Crippen molar-refractivity contribution < 1.29 is 9.53 Å². The minimum atomic E-state index is 0.0479. The maximum atomic E-state index is 11.4. The number of carbonyl (C=O) groups is 1. The standard InChI is InChI=1S/C15H21N3O2/c1-12(2)18-15(19)6-8-17-11-13-4-3-5-14(10-13)20-9-7-16/h3-5,10,12,17H,6,8-9,11H2,1-2H3,(H,18,19). The molecule has 0 aliphatic carbocycles. The largest absolute Gasteiger partial charge is 0.479 e. The molecule has 0 heterocycles. The summed E-state index contributed by atoms with van der Waals surface area (Å²) < 4.78 is 5.23. The summed E-state index contributed by atoms with van der Waals surface area (Å²) in [5, 5.41) is 14.5. The van der Waals surface area contributed by atoms with Gasteiger partial charge in [-0.3, -0.25) is 4.79 Å². The van der Waals surface area contributed by atoms with Crippen molar-refractivity contribution in [1.82, 2.24) is 10.6 Å². The number of ether oxygens (including phenoxy) is 1. The molecule has 0 fully saturated rings. The van der Waals surface area contributed by atoms with Crippen molar-refractivity contribution in [2.45, 2.75) is 32.9 Å². The number of nitriles is 1. The molecule has 0 bridgehead atoms. The van der Waals surface area contributed by atoms with Crippen LogP contribution in [0.1, 0.15) is 25.8 Å². The average molecular weight is 275 g/mol. The van der Waals surface area contributed by atoms with E-state index in [0.717, 1.165) is 5.56 Å². The highest BCUT2D eigenvalue weighted by molar-refractivity contribution is 5.76. The Morgan fingerprint density at radius 2 is 2.25 bits per heavy atom. The van der Waals surface area contributed by atoms with Crippen molar-refractivity contribution in [3.05, 3.63) is 29.8 Å². The van der Waals surface area contributed by atoms with Crippen LogP contribution in [0.15, 0.2) is 24.3 Å². The summed E-state index contributed by atoms with van der Waals surface area (Å²) in [7, 11) is 0. The summed E-state index contributed by atoms with van der Waals surface area (Å²) >= 11 is 0. The molecule has 1 aromatic rings. The SMILES string of the molecule is CC(C)NC(=O)CCNCc1cccc(OCC#N)c1. The van der Waals surface area contributed by atoms with Crippen molar-refractivity contribution in [3.63, 3.8) is 0 Å². The number of nitrogens with one attached hydrogen (secondary N) is 2. The molecule has 0 atom stereocenters. The first-order valence-electron chi connectivity index (χ1n) is 6.70. The second-order valence-corrected chi connectivity index (χ2v) is 4.74. The van der Waals surface area contributed by atoms with Gasteiger partial charge in [-0.1, -0.05) is 12.1 Å². The molecular formula is C15H21N3O2. The lowest BCUT2D eigenvalue weighted by atomic mass is 10.2. The number of rotatable bonds is 8. The second-order valence-electron chi connectivity index (χ2n) is 4.74. The van der Waals surface area contributed by atoms with Crippen LogP contribution in [0.2, 0.25) is 0 Å². The first-order valence-corrected chi connectivity index (χ1v) is 6.70. The molecule has 0 aromatic heterocycles.